The van der Waals surface area contributed by atoms with Gasteiger partial charge in [-0.2, -0.15) is 5.26 Å². The standard InChI is InChI=1S/C25H18ClN3O6/c1-34-23-12-17(11-19(14-27)24(30)28-15-16-5-3-2-4-6-16)7-10-22(23)35-25(31)18-8-9-20(26)21(13-18)29(32)33/h2-13H,15H2,1H3,(H,28,30)/b19-11+. The van der Waals surface area contributed by atoms with Gasteiger partial charge in [-0.3, -0.25) is 14.9 Å². The zero-order valence-electron chi connectivity index (χ0n) is 18.4. The van der Waals surface area contributed by atoms with E-state index in [4.69, 9.17) is 21.1 Å². The first-order chi connectivity index (χ1) is 16.8. The van der Waals surface area contributed by atoms with Gasteiger partial charge in [0.25, 0.3) is 11.6 Å². The van der Waals surface area contributed by atoms with Crippen LogP contribution in [0.1, 0.15) is 21.5 Å². The Kier molecular flexibility index (Phi) is 8.16. The molecule has 3 aromatic rings. The topological polar surface area (TPSA) is 132 Å². The number of benzene rings is 3. The van der Waals surface area contributed by atoms with Crippen LogP contribution in [0, 0.1) is 21.4 Å². The van der Waals surface area contributed by atoms with Gasteiger partial charge in [-0.15, -0.1) is 0 Å². The number of methoxy groups -OCH3 is 1. The number of halogens is 1. The van der Waals surface area contributed by atoms with Gasteiger partial charge in [-0.1, -0.05) is 48.0 Å². The Hall–Kier alpha value is -4.68. The molecule has 0 bridgehead atoms. The number of hydrogen-bond acceptors (Lipinski definition) is 7. The summed E-state index contributed by atoms with van der Waals surface area (Å²) in [5.41, 5.74) is 0.713. The zero-order valence-corrected chi connectivity index (χ0v) is 19.1. The zero-order chi connectivity index (χ0) is 25.4. The van der Waals surface area contributed by atoms with Crippen LogP contribution in [0.4, 0.5) is 5.69 Å². The summed E-state index contributed by atoms with van der Waals surface area (Å²) in [7, 11) is 1.35. The quantitative estimate of drug-likeness (QED) is 0.121. The van der Waals surface area contributed by atoms with Crippen molar-refractivity contribution < 1.29 is 24.0 Å². The minimum Gasteiger partial charge on any atom is -0.493 e. The first-order valence-corrected chi connectivity index (χ1v) is 10.5. The molecule has 0 fully saturated rings. The molecule has 0 aliphatic carbocycles. The number of nitriles is 1. The van der Waals surface area contributed by atoms with Gasteiger partial charge in [-0.25, -0.2) is 4.79 Å². The molecule has 9 nitrogen and oxygen atoms in total. The monoisotopic (exact) mass is 491 g/mol. The van der Waals surface area contributed by atoms with Gasteiger partial charge in [0.2, 0.25) is 0 Å². The Morgan fingerprint density at radius 2 is 1.86 bits per heavy atom. The van der Waals surface area contributed by atoms with Crippen LogP contribution in [0.5, 0.6) is 11.5 Å². The van der Waals surface area contributed by atoms with E-state index in [2.05, 4.69) is 5.32 Å². The second kappa shape index (κ2) is 11.4. The minimum atomic E-state index is -0.857. The number of nitro benzene ring substituents is 1. The minimum absolute atomic E-state index is 0.0410. The maximum atomic E-state index is 12.5. The summed E-state index contributed by atoms with van der Waals surface area (Å²) < 4.78 is 10.6. The summed E-state index contributed by atoms with van der Waals surface area (Å²) in [5, 5.41) is 23.1. The van der Waals surface area contributed by atoms with E-state index in [1.165, 1.54) is 43.5 Å². The number of nitrogens with zero attached hydrogens (tertiary/aromatic N) is 2. The lowest BCUT2D eigenvalue weighted by Crippen LogP contribution is -2.23. The summed E-state index contributed by atoms with van der Waals surface area (Å²) in [6.07, 6.45) is 1.37. The highest BCUT2D eigenvalue weighted by Crippen LogP contribution is 2.31. The Morgan fingerprint density at radius 3 is 2.51 bits per heavy atom. The Bertz CT molecular complexity index is 1350. The molecule has 0 radical (unpaired) electrons. The predicted molar refractivity (Wildman–Crippen MR) is 128 cm³/mol. The van der Waals surface area contributed by atoms with Crippen LogP contribution in [0.15, 0.2) is 72.3 Å². The second-order valence-corrected chi connectivity index (χ2v) is 7.47. The van der Waals surface area contributed by atoms with Crippen LogP contribution in [0.25, 0.3) is 6.08 Å². The smallest absolute Gasteiger partial charge is 0.343 e. The third-order valence-corrected chi connectivity index (χ3v) is 5.06. The van der Waals surface area contributed by atoms with Crippen LogP contribution in [-0.2, 0) is 11.3 Å². The van der Waals surface area contributed by atoms with Crippen molar-refractivity contribution in [3.05, 3.63) is 104 Å². The van der Waals surface area contributed by atoms with Crippen molar-refractivity contribution >= 4 is 35.2 Å². The van der Waals surface area contributed by atoms with Crippen LogP contribution in [0.3, 0.4) is 0 Å². The molecule has 0 heterocycles. The van der Waals surface area contributed by atoms with Crippen molar-refractivity contribution in [1.29, 1.82) is 5.26 Å². The highest BCUT2D eigenvalue weighted by atomic mass is 35.5. The summed E-state index contributed by atoms with van der Waals surface area (Å²) in [5.74, 6) is -1.21. The fourth-order valence-electron chi connectivity index (χ4n) is 2.99. The molecular formula is C25H18ClN3O6. The second-order valence-electron chi connectivity index (χ2n) is 7.06. The maximum Gasteiger partial charge on any atom is 0.343 e. The van der Waals surface area contributed by atoms with Crippen molar-refractivity contribution in [3.63, 3.8) is 0 Å². The van der Waals surface area contributed by atoms with E-state index in [9.17, 15) is 25.0 Å². The van der Waals surface area contributed by atoms with Crippen molar-refractivity contribution in [1.82, 2.24) is 5.32 Å². The third-order valence-electron chi connectivity index (χ3n) is 4.74. The number of rotatable bonds is 8. The Labute approximate surface area is 205 Å². The lowest BCUT2D eigenvalue weighted by Gasteiger charge is -2.10. The largest absolute Gasteiger partial charge is 0.493 e. The van der Waals surface area contributed by atoms with Crippen LogP contribution in [-0.4, -0.2) is 23.9 Å². The average Bonchev–Trinajstić information content (AvgIpc) is 2.87. The van der Waals surface area contributed by atoms with Crippen molar-refractivity contribution in [2.24, 2.45) is 0 Å². The maximum absolute atomic E-state index is 12.5. The van der Waals surface area contributed by atoms with Crippen molar-refractivity contribution in [3.8, 4) is 17.6 Å². The number of nitrogens with one attached hydrogen (secondary N) is 1. The number of carbonyl (C=O) groups excluding carboxylic acids is 2. The first-order valence-electron chi connectivity index (χ1n) is 10.1. The molecule has 1 amide bonds. The number of hydrogen-bond donors (Lipinski definition) is 1. The number of carbonyl (C=O) groups is 2. The highest BCUT2D eigenvalue weighted by molar-refractivity contribution is 6.32. The fraction of sp³-hybridized carbons (Fsp3) is 0.0800. The number of esters is 1. The molecule has 3 aromatic carbocycles. The van der Waals surface area contributed by atoms with Gasteiger partial charge in [0.1, 0.15) is 16.7 Å². The van der Waals surface area contributed by atoms with Gasteiger partial charge in [0, 0.05) is 12.6 Å². The molecule has 0 saturated heterocycles. The SMILES string of the molecule is COc1cc(/C=C(\C#N)C(=O)NCc2ccccc2)ccc1OC(=O)c1ccc(Cl)c([N+](=O)[O-])c1. The Morgan fingerprint density at radius 1 is 1.11 bits per heavy atom. The molecule has 0 spiro atoms. The number of nitro groups is 1. The van der Waals surface area contributed by atoms with Gasteiger partial charge in [0.05, 0.1) is 17.6 Å². The average molecular weight is 492 g/mol. The predicted octanol–water partition coefficient (Wildman–Crippen LogP) is 4.70. The Balaban J connectivity index is 1.77. The molecule has 0 unspecified atom stereocenters. The molecule has 0 saturated carbocycles. The van der Waals surface area contributed by atoms with Crippen molar-refractivity contribution in [2.75, 3.05) is 7.11 Å². The van der Waals surface area contributed by atoms with E-state index in [-0.39, 0.29) is 34.2 Å². The fourth-order valence-corrected chi connectivity index (χ4v) is 3.17. The molecule has 3 rings (SSSR count). The highest BCUT2D eigenvalue weighted by Gasteiger charge is 2.19. The van der Waals surface area contributed by atoms with E-state index in [0.717, 1.165) is 11.6 Å². The van der Waals surface area contributed by atoms with Crippen LogP contribution in [0.2, 0.25) is 5.02 Å². The van der Waals surface area contributed by atoms with Crippen molar-refractivity contribution in [2.45, 2.75) is 6.54 Å². The molecular weight excluding hydrogens is 474 g/mol. The molecule has 0 aromatic heterocycles. The number of amides is 1. The molecule has 10 heteroatoms. The molecule has 176 valence electrons. The third kappa shape index (κ3) is 6.43. The molecule has 0 aliphatic heterocycles. The van der Waals surface area contributed by atoms with Gasteiger partial charge < -0.3 is 14.8 Å². The molecule has 1 N–H and O–H groups in total. The van der Waals surface area contributed by atoms with E-state index in [1.54, 1.807) is 0 Å². The van der Waals surface area contributed by atoms with E-state index >= 15 is 0 Å². The lowest BCUT2D eigenvalue weighted by molar-refractivity contribution is -0.384. The summed E-state index contributed by atoms with van der Waals surface area (Å²) in [6, 6.07) is 19.1. The first kappa shape index (κ1) is 25.0. The van der Waals surface area contributed by atoms with Gasteiger partial charge >= 0.3 is 5.97 Å². The molecule has 0 aliphatic rings. The van der Waals surface area contributed by atoms with Gasteiger partial charge in [0.15, 0.2) is 11.5 Å². The molecule has 35 heavy (non-hydrogen) atoms. The molecule has 0 atom stereocenters. The van der Waals surface area contributed by atoms with E-state index in [0.29, 0.717) is 5.56 Å². The summed E-state index contributed by atoms with van der Waals surface area (Å²) in [4.78, 5) is 35.3. The summed E-state index contributed by atoms with van der Waals surface area (Å²) in [6.45, 7) is 0.264. The summed E-state index contributed by atoms with van der Waals surface area (Å²) >= 11 is 5.78. The number of ether oxygens (including phenoxy) is 2. The van der Waals surface area contributed by atoms with Crippen LogP contribution < -0.4 is 14.8 Å². The van der Waals surface area contributed by atoms with E-state index < -0.39 is 22.5 Å². The lowest BCUT2D eigenvalue weighted by atomic mass is 10.1. The van der Waals surface area contributed by atoms with Crippen LogP contribution >= 0.6 is 11.6 Å². The normalized spacial score (nSPS) is 10.7. The van der Waals surface area contributed by atoms with E-state index in [1.807, 2.05) is 36.4 Å². The van der Waals surface area contributed by atoms with Gasteiger partial charge in [-0.05, 0) is 41.5 Å².